The number of nitrogens with zero attached hydrogens (tertiary/aromatic N) is 3. The summed E-state index contributed by atoms with van der Waals surface area (Å²) in [6, 6.07) is 10.3. The van der Waals surface area contributed by atoms with E-state index < -0.39 is 0 Å². The molecule has 162 valence electrons. The van der Waals surface area contributed by atoms with Gasteiger partial charge in [0, 0.05) is 38.3 Å². The maximum absolute atomic E-state index is 5.95. The van der Waals surface area contributed by atoms with Gasteiger partial charge in [0.25, 0.3) is 0 Å². The third-order valence-electron chi connectivity index (χ3n) is 5.87. The maximum atomic E-state index is 5.95. The summed E-state index contributed by atoms with van der Waals surface area (Å²) < 4.78 is 11.9. The number of anilines is 1. The first kappa shape index (κ1) is 21.1. The molecule has 0 spiro atoms. The zero-order chi connectivity index (χ0) is 20.8. The van der Waals surface area contributed by atoms with Crippen LogP contribution in [0.5, 0.6) is 0 Å². The number of piperidine rings is 1. The molecule has 0 radical (unpaired) electrons. The largest absolute Gasteiger partial charge is 0.376 e. The second-order valence-electron chi connectivity index (χ2n) is 8.08. The van der Waals surface area contributed by atoms with Crippen LogP contribution in [-0.2, 0) is 11.3 Å². The average Bonchev–Trinajstić information content (AvgIpc) is 3.45. The maximum Gasteiger partial charge on any atom is 0.232 e. The molecule has 0 saturated carbocycles. The van der Waals surface area contributed by atoms with E-state index in [-0.39, 0.29) is 6.10 Å². The molecule has 1 atom stereocenters. The van der Waals surface area contributed by atoms with Crippen molar-refractivity contribution in [3.63, 3.8) is 0 Å². The molecule has 2 fully saturated rings. The summed E-state index contributed by atoms with van der Waals surface area (Å²) in [4.78, 5) is 4.57. The van der Waals surface area contributed by atoms with Crippen LogP contribution in [0.15, 0.2) is 34.9 Å². The Morgan fingerprint density at radius 1 is 1.20 bits per heavy atom. The Morgan fingerprint density at radius 3 is 2.70 bits per heavy atom. The fourth-order valence-corrected chi connectivity index (χ4v) is 4.60. The fourth-order valence-electron chi connectivity index (χ4n) is 4.32. The summed E-state index contributed by atoms with van der Waals surface area (Å²) in [6.45, 7) is 7.18. The summed E-state index contributed by atoms with van der Waals surface area (Å²) in [7, 11) is 0. The van der Waals surface area contributed by atoms with Crippen molar-refractivity contribution in [2.24, 2.45) is 0 Å². The lowest BCUT2D eigenvalue weighted by molar-refractivity contribution is 0.0898. The Morgan fingerprint density at radius 2 is 2.00 bits per heavy atom. The average molecular weight is 429 g/mol. The van der Waals surface area contributed by atoms with Crippen LogP contribution in [0.3, 0.4) is 0 Å². The van der Waals surface area contributed by atoms with E-state index in [1.165, 1.54) is 19.3 Å². The zero-order valence-electron chi connectivity index (χ0n) is 17.8. The van der Waals surface area contributed by atoms with Gasteiger partial charge in [-0.1, -0.05) is 35.5 Å². The number of hydrogen-bond donors (Lipinski definition) is 1. The van der Waals surface area contributed by atoms with E-state index in [0.29, 0.717) is 6.54 Å². The minimum absolute atomic E-state index is 0.222. The van der Waals surface area contributed by atoms with Crippen LogP contribution in [0.25, 0.3) is 11.3 Å². The molecule has 2 saturated heterocycles. The number of benzene rings is 1. The van der Waals surface area contributed by atoms with Gasteiger partial charge in [0.2, 0.25) is 5.88 Å². The monoisotopic (exact) mass is 428 g/mol. The molecule has 0 amide bonds. The molecule has 4 rings (SSSR count). The Kier molecular flexibility index (Phi) is 7.23. The SMILES string of the molecule is CCNC(=S)N(Cc1c(-c2ccccc2)noc1N1CCCCC1)C[C@@H]1CCCO1. The molecule has 1 aromatic heterocycles. The van der Waals surface area contributed by atoms with Gasteiger partial charge in [0.1, 0.15) is 5.69 Å². The van der Waals surface area contributed by atoms with E-state index >= 15 is 0 Å². The molecule has 0 unspecified atom stereocenters. The van der Waals surface area contributed by atoms with Gasteiger partial charge in [0.05, 0.1) is 18.2 Å². The lowest BCUT2D eigenvalue weighted by Gasteiger charge is -2.30. The van der Waals surface area contributed by atoms with Crippen LogP contribution in [0.1, 0.15) is 44.6 Å². The van der Waals surface area contributed by atoms with E-state index in [2.05, 4.69) is 39.3 Å². The van der Waals surface area contributed by atoms with E-state index in [1.807, 2.05) is 18.2 Å². The van der Waals surface area contributed by atoms with Gasteiger partial charge < -0.3 is 24.4 Å². The normalized spacial score (nSPS) is 19.1. The lowest BCUT2D eigenvalue weighted by atomic mass is 10.1. The highest BCUT2D eigenvalue weighted by Gasteiger charge is 2.28. The van der Waals surface area contributed by atoms with Gasteiger partial charge in [0.15, 0.2) is 5.11 Å². The minimum atomic E-state index is 0.222. The summed E-state index contributed by atoms with van der Waals surface area (Å²) >= 11 is 5.74. The van der Waals surface area contributed by atoms with Gasteiger partial charge in [-0.25, -0.2) is 0 Å². The second-order valence-corrected chi connectivity index (χ2v) is 8.47. The summed E-state index contributed by atoms with van der Waals surface area (Å²) in [6.07, 6.45) is 6.08. The van der Waals surface area contributed by atoms with Gasteiger partial charge >= 0.3 is 0 Å². The van der Waals surface area contributed by atoms with E-state index in [9.17, 15) is 0 Å². The smallest absolute Gasteiger partial charge is 0.232 e. The van der Waals surface area contributed by atoms with Gasteiger partial charge in [-0.05, 0) is 51.2 Å². The number of nitrogens with one attached hydrogen (secondary N) is 1. The van der Waals surface area contributed by atoms with Crippen molar-refractivity contribution < 1.29 is 9.26 Å². The molecule has 6 nitrogen and oxygen atoms in total. The standard InChI is InChI=1S/C23H32N4O2S/c1-2-24-23(30)27(16-19-12-9-15-28-19)17-20-21(18-10-5-3-6-11-18)25-29-22(20)26-13-7-4-8-14-26/h3,5-6,10-11,19H,2,4,7-9,12-17H2,1H3,(H,24,30)/t19-/m0/s1. The molecule has 1 N–H and O–H groups in total. The predicted octanol–water partition coefficient (Wildman–Crippen LogP) is 4.21. The molecule has 7 heteroatoms. The number of ether oxygens (including phenoxy) is 1. The molecule has 3 heterocycles. The van der Waals surface area contributed by atoms with Crippen molar-refractivity contribution in [2.45, 2.75) is 51.7 Å². The Hall–Kier alpha value is -2.12. The second kappa shape index (κ2) is 10.3. The highest BCUT2D eigenvalue weighted by atomic mass is 32.1. The molecule has 30 heavy (non-hydrogen) atoms. The molecule has 1 aromatic carbocycles. The first-order chi connectivity index (χ1) is 14.8. The third-order valence-corrected chi connectivity index (χ3v) is 6.27. The van der Waals surface area contributed by atoms with Crippen LogP contribution in [0.4, 0.5) is 5.88 Å². The van der Waals surface area contributed by atoms with Gasteiger partial charge in [-0.2, -0.15) is 0 Å². The molecule has 0 aliphatic carbocycles. The first-order valence-corrected chi connectivity index (χ1v) is 11.6. The number of aromatic nitrogens is 1. The summed E-state index contributed by atoms with van der Waals surface area (Å²) in [5.41, 5.74) is 3.10. The summed E-state index contributed by atoms with van der Waals surface area (Å²) in [5, 5.41) is 8.60. The fraction of sp³-hybridized carbons (Fsp3) is 0.565. The molecular formula is C23H32N4O2S. The van der Waals surface area contributed by atoms with Crippen LogP contribution < -0.4 is 10.2 Å². The van der Waals surface area contributed by atoms with Crippen molar-refractivity contribution in [1.29, 1.82) is 0 Å². The van der Waals surface area contributed by atoms with Crippen LogP contribution in [-0.4, -0.2) is 54.1 Å². The van der Waals surface area contributed by atoms with Crippen LogP contribution >= 0.6 is 12.2 Å². The molecule has 2 aliphatic rings. The predicted molar refractivity (Wildman–Crippen MR) is 124 cm³/mol. The highest BCUT2D eigenvalue weighted by molar-refractivity contribution is 7.80. The topological polar surface area (TPSA) is 53.8 Å². The van der Waals surface area contributed by atoms with E-state index in [1.54, 1.807) is 0 Å². The Balaban J connectivity index is 1.66. The molecule has 2 aromatic rings. The van der Waals surface area contributed by atoms with Gasteiger partial charge in [-0.15, -0.1) is 0 Å². The van der Waals surface area contributed by atoms with Crippen molar-refractivity contribution in [3.8, 4) is 11.3 Å². The number of hydrogen-bond acceptors (Lipinski definition) is 5. The zero-order valence-corrected chi connectivity index (χ0v) is 18.6. The van der Waals surface area contributed by atoms with Crippen molar-refractivity contribution in [3.05, 3.63) is 35.9 Å². The highest BCUT2D eigenvalue weighted by Crippen LogP contribution is 2.34. The molecular weight excluding hydrogens is 396 g/mol. The third kappa shape index (κ3) is 4.95. The number of thiocarbonyl (C=S) groups is 1. The van der Waals surface area contributed by atoms with E-state index in [0.717, 1.165) is 73.4 Å². The van der Waals surface area contributed by atoms with Crippen LogP contribution in [0, 0.1) is 0 Å². The molecule has 0 bridgehead atoms. The van der Waals surface area contributed by atoms with Crippen molar-refractivity contribution in [2.75, 3.05) is 37.7 Å². The quantitative estimate of drug-likeness (QED) is 0.663. The minimum Gasteiger partial charge on any atom is -0.376 e. The lowest BCUT2D eigenvalue weighted by Crippen LogP contribution is -2.43. The summed E-state index contributed by atoms with van der Waals surface area (Å²) in [5.74, 6) is 0.894. The number of rotatable bonds is 7. The van der Waals surface area contributed by atoms with Gasteiger partial charge in [-0.3, -0.25) is 0 Å². The Labute approximate surface area is 184 Å². The molecule has 2 aliphatic heterocycles. The first-order valence-electron chi connectivity index (χ1n) is 11.2. The van der Waals surface area contributed by atoms with Crippen molar-refractivity contribution >= 4 is 23.2 Å². The van der Waals surface area contributed by atoms with Crippen molar-refractivity contribution in [1.82, 2.24) is 15.4 Å². The Bertz CT molecular complexity index is 814. The van der Waals surface area contributed by atoms with Crippen LogP contribution in [0.2, 0.25) is 0 Å². The van der Waals surface area contributed by atoms with E-state index in [4.69, 9.17) is 21.5 Å².